The maximum Gasteiger partial charge on any atom is 0.231 e. The van der Waals surface area contributed by atoms with Crippen molar-refractivity contribution in [3.63, 3.8) is 0 Å². The molecular weight excluding hydrogens is 358 g/mol. The molecule has 2 fully saturated rings. The lowest BCUT2D eigenvalue weighted by Gasteiger charge is -2.23. The average molecular weight is 384 g/mol. The number of hydrogen-bond donors (Lipinski definition) is 1. The Hall–Kier alpha value is -2.21. The molecule has 5 nitrogen and oxygen atoms in total. The first-order valence-electron chi connectivity index (χ1n) is 9.81. The van der Waals surface area contributed by atoms with E-state index in [9.17, 15) is 9.59 Å². The van der Waals surface area contributed by atoms with Crippen LogP contribution in [0.5, 0.6) is 0 Å². The number of aromatic nitrogens is 1. The third-order valence-corrected chi connectivity index (χ3v) is 6.71. The summed E-state index contributed by atoms with van der Waals surface area (Å²) in [6.45, 7) is 2.65. The van der Waals surface area contributed by atoms with Gasteiger partial charge in [0, 0.05) is 29.4 Å². The van der Waals surface area contributed by atoms with E-state index in [-0.39, 0.29) is 17.7 Å². The van der Waals surface area contributed by atoms with Crippen LogP contribution in [0, 0.1) is 5.92 Å². The molecule has 2 aromatic rings. The number of hydrogen-bond acceptors (Lipinski definition) is 4. The second-order valence-corrected chi connectivity index (χ2v) is 8.47. The molecule has 0 radical (unpaired) electrons. The molecule has 0 bridgehead atoms. The summed E-state index contributed by atoms with van der Waals surface area (Å²) < 4.78 is 0. The van der Waals surface area contributed by atoms with E-state index in [1.807, 2.05) is 35.2 Å². The van der Waals surface area contributed by atoms with Crippen LogP contribution in [-0.2, 0) is 16.0 Å². The first-order chi connectivity index (χ1) is 13.2. The number of benzene rings is 1. The van der Waals surface area contributed by atoms with E-state index >= 15 is 0 Å². The first-order valence-corrected chi connectivity index (χ1v) is 10.6. The maximum absolute atomic E-state index is 12.7. The van der Waals surface area contributed by atoms with E-state index in [1.54, 1.807) is 0 Å². The fraction of sp³-hybridized carbons (Fsp3) is 0.476. The Labute approximate surface area is 163 Å². The molecule has 1 saturated heterocycles. The second-order valence-electron chi connectivity index (χ2n) is 7.39. The van der Waals surface area contributed by atoms with Gasteiger partial charge in [0.2, 0.25) is 11.8 Å². The molecule has 2 amide bonds. The van der Waals surface area contributed by atoms with E-state index < -0.39 is 0 Å². The summed E-state index contributed by atoms with van der Waals surface area (Å²) in [6.07, 6.45) is 5.72. The van der Waals surface area contributed by atoms with E-state index in [4.69, 9.17) is 0 Å². The Kier molecular flexibility index (Phi) is 5.25. The van der Waals surface area contributed by atoms with Crippen LogP contribution in [-0.4, -0.2) is 34.3 Å². The van der Waals surface area contributed by atoms with Gasteiger partial charge in [0.15, 0.2) is 5.13 Å². The zero-order valence-electron chi connectivity index (χ0n) is 15.6. The van der Waals surface area contributed by atoms with Crippen LogP contribution in [0.2, 0.25) is 0 Å². The van der Waals surface area contributed by atoms with Crippen LogP contribution in [0.4, 0.5) is 5.13 Å². The number of rotatable bonds is 5. The minimum Gasteiger partial charge on any atom is -0.339 e. The highest BCUT2D eigenvalue weighted by atomic mass is 32.1. The van der Waals surface area contributed by atoms with Gasteiger partial charge in [-0.15, -0.1) is 11.3 Å². The zero-order chi connectivity index (χ0) is 18.8. The number of thiazole rings is 1. The molecule has 142 valence electrons. The summed E-state index contributed by atoms with van der Waals surface area (Å²) in [4.78, 5) is 32.9. The molecule has 1 aliphatic carbocycles. The lowest BCUT2D eigenvalue weighted by Crippen LogP contribution is -2.35. The highest BCUT2D eigenvalue weighted by Gasteiger charge is 2.38. The van der Waals surface area contributed by atoms with Crippen LogP contribution < -0.4 is 5.32 Å². The molecule has 1 atom stereocenters. The Morgan fingerprint density at radius 3 is 2.70 bits per heavy atom. The smallest absolute Gasteiger partial charge is 0.231 e. The normalized spacial score (nSPS) is 20.4. The number of carbonyl (C=O) groups is 2. The largest absolute Gasteiger partial charge is 0.339 e. The van der Waals surface area contributed by atoms with E-state index in [0.29, 0.717) is 24.1 Å². The average Bonchev–Trinajstić information content (AvgIpc) is 3.41. The van der Waals surface area contributed by atoms with Crippen LogP contribution in [0.25, 0.3) is 11.3 Å². The molecule has 6 heteroatoms. The minimum absolute atomic E-state index is 0.0835. The molecule has 0 spiro atoms. The number of anilines is 1. The van der Waals surface area contributed by atoms with Gasteiger partial charge in [-0.05, 0) is 19.3 Å². The van der Waals surface area contributed by atoms with Gasteiger partial charge in [-0.2, -0.15) is 0 Å². The van der Waals surface area contributed by atoms with Gasteiger partial charge in [0.1, 0.15) is 0 Å². The lowest BCUT2D eigenvalue weighted by molar-refractivity contribution is -0.129. The molecule has 4 rings (SSSR count). The van der Waals surface area contributed by atoms with Crippen molar-refractivity contribution in [3.8, 4) is 11.3 Å². The van der Waals surface area contributed by atoms with Crippen molar-refractivity contribution >= 4 is 28.3 Å². The predicted octanol–water partition coefficient (Wildman–Crippen LogP) is 4.10. The summed E-state index contributed by atoms with van der Waals surface area (Å²) >= 11 is 1.53. The lowest BCUT2D eigenvalue weighted by atomic mass is 10.1. The van der Waals surface area contributed by atoms with Gasteiger partial charge >= 0.3 is 0 Å². The summed E-state index contributed by atoms with van der Waals surface area (Å²) in [6, 6.07) is 10.4. The number of likely N-dealkylation sites (tertiary alicyclic amines) is 1. The fourth-order valence-electron chi connectivity index (χ4n) is 4.15. The van der Waals surface area contributed by atoms with E-state index in [2.05, 4.69) is 17.2 Å². The van der Waals surface area contributed by atoms with Gasteiger partial charge in [-0.1, -0.05) is 50.1 Å². The Bertz CT molecular complexity index is 827. The molecule has 1 aromatic carbocycles. The summed E-state index contributed by atoms with van der Waals surface area (Å²) in [5.74, 6) is -0.229. The molecule has 2 aliphatic rings. The number of aryl methyl sites for hydroxylation is 1. The highest BCUT2D eigenvalue weighted by Crippen LogP contribution is 2.33. The van der Waals surface area contributed by atoms with Gasteiger partial charge in [-0.3, -0.25) is 9.59 Å². The summed E-state index contributed by atoms with van der Waals surface area (Å²) in [7, 11) is 0. The van der Waals surface area contributed by atoms with Gasteiger partial charge < -0.3 is 10.2 Å². The second kappa shape index (κ2) is 7.80. The molecule has 1 unspecified atom stereocenters. The van der Waals surface area contributed by atoms with Gasteiger partial charge in [0.25, 0.3) is 0 Å². The molecule has 1 N–H and O–H groups in total. The van der Waals surface area contributed by atoms with E-state index in [1.165, 1.54) is 24.2 Å². The third-order valence-electron chi connectivity index (χ3n) is 5.59. The Morgan fingerprint density at radius 2 is 2.00 bits per heavy atom. The first kappa shape index (κ1) is 18.2. The molecule has 27 heavy (non-hydrogen) atoms. The van der Waals surface area contributed by atoms with Crippen molar-refractivity contribution in [1.82, 2.24) is 9.88 Å². The van der Waals surface area contributed by atoms with Crippen molar-refractivity contribution < 1.29 is 9.59 Å². The molecule has 1 aromatic heterocycles. The van der Waals surface area contributed by atoms with E-state index in [0.717, 1.165) is 35.4 Å². The predicted molar refractivity (Wildman–Crippen MR) is 108 cm³/mol. The van der Waals surface area contributed by atoms with Crippen LogP contribution in [0.1, 0.15) is 43.9 Å². The summed E-state index contributed by atoms with van der Waals surface area (Å²) in [5.41, 5.74) is 2.00. The molecule has 1 aliphatic heterocycles. The number of carbonyl (C=O) groups excluding carboxylic acids is 2. The Morgan fingerprint density at radius 1 is 1.26 bits per heavy atom. The van der Waals surface area contributed by atoms with Crippen molar-refractivity contribution in [2.75, 3.05) is 11.9 Å². The highest BCUT2D eigenvalue weighted by molar-refractivity contribution is 7.16. The maximum atomic E-state index is 12.7. The van der Waals surface area contributed by atoms with Crippen molar-refractivity contribution in [3.05, 3.63) is 35.2 Å². The van der Waals surface area contributed by atoms with Crippen molar-refractivity contribution in [2.45, 2.75) is 51.5 Å². The Balaban J connectivity index is 1.45. The zero-order valence-corrected chi connectivity index (χ0v) is 16.4. The molecular formula is C21H25N3O2S. The molecule has 1 saturated carbocycles. The van der Waals surface area contributed by atoms with Crippen LogP contribution >= 0.6 is 11.3 Å². The minimum atomic E-state index is -0.271. The summed E-state index contributed by atoms with van der Waals surface area (Å²) in [5, 5.41) is 3.60. The SMILES string of the molecule is CCc1sc(NC(=O)C2CC(=O)N(C3CCCC3)C2)nc1-c1ccccc1. The quantitative estimate of drug-likeness (QED) is 0.845. The fourth-order valence-corrected chi connectivity index (χ4v) is 5.08. The number of nitrogens with zero attached hydrogens (tertiary/aromatic N) is 2. The van der Waals surface area contributed by atoms with Gasteiger partial charge in [-0.25, -0.2) is 4.98 Å². The van der Waals surface area contributed by atoms with Gasteiger partial charge in [0.05, 0.1) is 11.6 Å². The monoisotopic (exact) mass is 383 g/mol. The van der Waals surface area contributed by atoms with Crippen LogP contribution in [0.15, 0.2) is 30.3 Å². The number of amides is 2. The van der Waals surface area contributed by atoms with Crippen LogP contribution in [0.3, 0.4) is 0 Å². The molecule has 2 heterocycles. The van der Waals surface area contributed by atoms with Crippen molar-refractivity contribution in [1.29, 1.82) is 0 Å². The topological polar surface area (TPSA) is 62.3 Å². The third kappa shape index (κ3) is 3.76. The number of nitrogens with one attached hydrogen (secondary N) is 1. The standard InChI is InChI=1S/C21H25N3O2S/c1-2-17-19(14-8-4-3-5-9-14)22-21(27-17)23-20(26)15-12-18(25)24(13-15)16-10-6-7-11-16/h3-5,8-9,15-16H,2,6-7,10-13H2,1H3,(H,22,23,26). The van der Waals surface area contributed by atoms with Crippen molar-refractivity contribution in [2.24, 2.45) is 5.92 Å².